The maximum Gasteiger partial charge on any atom is 0.233 e. The summed E-state index contributed by atoms with van der Waals surface area (Å²) in [6.07, 6.45) is 0. The molecule has 1 fully saturated rings. The van der Waals surface area contributed by atoms with Crippen LogP contribution in [0.25, 0.3) is 22.2 Å². The minimum Gasteiger partial charge on any atom is -0.497 e. The molecule has 2 heterocycles. The number of carbonyl (C=O) groups excluding carboxylic acids is 1. The first-order chi connectivity index (χ1) is 16.7. The molecule has 0 bridgehead atoms. The zero-order chi connectivity index (χ0) is 23.3. The lowest BCUT2D eigenvalue weighted by atomic mass is 10.0. The van der Waals surface area contributed by atoms with Crippen LogP contribution in [0, 0.1) is 0 Å². The summed E-state index contributed by atoms with van der Waals surface area (Å²) < 4.78 is 5.19. The van der Waals surface area contributed by atoms with Gasteiger partial charge in [-0.1, -0.05) is 54.2 Å². The highest BCUT2D eigenvalue weighted by atomic mass is 32.2. The largest absolute Gasteiger partial charge is 0.497 e. The molecular formula is C26H27N5O2S. The molecule has 4 aromatic rings. The summed E-state index contributed by atoms with van der Waals surface area (Å²) in [5, 5.41) is 10.4. The number of fused-ring (bicyclic) bond motifs is 1. The third-order valence-corrected chi connectivity index (χ3v) is 6.98. The van der Waals surface area contributed by atoms with Crippen molar-refractivity contribution in [1.29, 1.82) is 0 Å². The Balaban J connectivity index is 1.11. The quantitative estimate of drug-likeness (QED) is 0.408. The lowest BCUT2D eigenvalue weighted by Gasteiger charge is -2.34. The molecule has 34 heavy (non-hydrogen) atoms. The number of methoxy groups -OCH3 is 1. The monoisotopic (exact) mass is 473 g/mol. The molecule has 8 heteroatoms. The van der Waals surface area contributed by atoms with Gasteiger partial charge in [-0.3, -0.25) is 14.8 Å². The highest BCUT2D eigenvalue weighted by molar-refractivity contribution is 7.99. The maximum atomic E-state index is 12.8. The lowest BCUT2D eigenvalue weighted by molar-refractivity contribution is -0.130. The van der Waals surface area contributed by atoms with E-state index in [0.717, 1.165) is 44.0 Å². The van der Waals surface area contributed by atoms with E-state index < -0.39 is 0 Å². The van der Waals surface area contributed by atoms with Crippen LogP contribution < -0.4 is 4.74 Å². The Morgan fingerprint density at radius 1 is 1.00 bits per heavy atom. The molecule has 174 valence electrons. The number of hydrogen-bond acceptors (Lipinski definition) is 6. The van der Waals surface area contributed by atoms with Crippen molar-refractivity contribution in [2.75, 3.05) is 39.0 Å². The zero-order valence-electron chi connectivity index (χ0n) is 19.1. The molecule has 5 rings (SSSR count). The Morgan fingerprint density at radius 2 is 1.76 bits per heavy atom. The fourth-order valence-electron chi connectivity index (χ4n) is 4.23. The number of benzene rings is 3. The predicted molar refractivity (Wildman–Crippen MR) is 135 cm³/mol. The smallest absolute Gasteiger partial charge is 0.233 e. The molecule has 1 aliphatic heterocycles. The number of aromatic amines is 1. The molecule has 3 aromatic carbocycles. The third-order valence-electron chi connectivity index (χ3n) is 6.15. The second-order valence-electron chi connectivity index (χ2n) is 8.28. The molecule has 0 spiro atoms. The van der Waals surface area contributed by atoms with Crippen molar-refractivity contribution in [3.05, 3.63) is 72.3 Å². The van der Waals surface area contributed by atoms with E-state index in [1.807, 2.05) is 29.2 Å². The van der Waals surface area contributed by atoms with Crippen molar-refractivity contribution in [3.8, 4) is 17.1 Å². The summed E-state index contributed by atoms with van der Waals surface area (Å²) in [5.41, 5.74) is 2.26. The molecule has 1 amide bonds. The van der Waals surface area contributed by atoms with E-state index in [4.69, 9.17) is 4.74 Å². The molecule has 1 aromatic heterocycles. The van der Waals surface area contributed by atoms with Crippen LogP contribution in [-0.2, 0) is 11.3 Å². The summed E-state index contributed by atoms with van der Waals surface area (Å²) in [7, 11) is 1.64. The molecule has 0 unspecified atom stereocenters. The second-order valence-corrected chi connectivity index (χ2v) is 9.22. The van der Waals surface area contributed by atoms with Crippen molar-refractivity contribution in [3.63, 3.8) is 0 Å². The van der Waals surface area contributed by atoms with Gasteiger partial charge in [0, 0.05) is 38.3 Å². The lowest BCUT2D eigenvalue weighted by Crippen LogP contribution is -2.48. The number of ether oxygens (including phenoxy) is 1. The minimum absolute atomic E-state index is 0.130. The number of hydrogen-bond donors (Lipinski definition) is 1. The van der Waals surface area contributed by atoms with Crippen molar-refractivity contribution in [2.24, 2.45) is 0 Å². The number of amides is 1. The fourth-order valence-corrected chi connectivity index (χ4v) is 4.93. The van der Waals surface area contributed by atoms with Crippen LogP contribution >= 0.6 is 11.8 Å². The Morgan fingerprint density at radius 3 is 2.56 bits per heavy atom. The fraction of sp³-hybridized carbons (Fsp3) is 0.269. The molecule has 7 nitrogen and oxygen atoms in total. The average Bonchev–Trinajstić information content (AvgIpc) is 3.37. The van der Waals surface area contributed by atoms with Crippen molar-refractivity contribution in [1.82, 2.24) is 25.0 Å². The van der Waals surface area contributed by atoms with Gasteiger partial charge < -0.3 is 9.64 Å². The van der Waals surface area contributed by atoms with Gasteiger partial charge in [-0.15, -0.1) is 5.10 Å². The van der Waals surface area contributed by atoms with Gasteiger partial charge in [-0.05, 0) is 40.6 Å². The first-order valence-electron chi connectivity index (χ1n) is 11.4. The number of H-pyrrole nitrogens is 1. The van der Waals surface area contributed by atoms with Crippen LogP contribution in [-0.4, -0.2) is 69.9 Å². The number of piperazine rings is 1. The van der Waals surface area contributed by atoms with Gasteiger partial charge in [0.25, 0.3) is 0 Å². The first-order valence-corrected chi connectivity index (χ1v) is 12.3. The molecule has 1 aliphatic rings. The van der Waals surface area contributed by atoms with Crippen molar-refractivity contribution >= 4 is 28.4 Å². The van der Waals surface area contributed by atoms with E-state index in [0.29, 0.717) is 16.7 Å². The topological polar surface area (TPSA) is 74.3 Å². The maximum absolute atomic E-state index is 12.8. The van der Waals surface area contributed by atoms with Crippen LogP contribution in [0.1, 0.15) is 5.56 Å². The number of nitrogens with zero attached hydrogens (tertiary/aromatic N) is 4. The normalized spacial score (nSPS) is 14.4. The Labute approximate surface area is 203 Å². The van der Waals surface area contributed by atoms with Gasteiger partial charge in [-0.25, -0.2) is 4.98 Å². The summed E-state index contributed by atoms with van der Waals surface area (Å²) >= 11 is 1.37. The van der Waals surface area contributed by atoms with Gasteiger partial charge in [-0.2, -0.15) is 0 Å². The molecular weight excluding hydrogens is 446 g/mol. The minimum atomic E-state index is 0.130. The molecule has 0 aliphatic carbocycles. The van der Waals surface area contributed by atoms with Crippen molar-refractivity contribution in [2.45, 2.75) is 11.7 Å². The van der Waals surface area contributed by atoms with Gasteiger partial charge >= 0.3 is 0 Å². The molecule has 0 radical (unpaired) electrons. The van der Waals surface area contributed by atoms with E-state index in [-0.39, 0.29) is 5.91 Å². The van der Waals surface area contributed by atoms with E-state index in [2.05, 4.69) is 62.5 Å². The van der Waals surface area contributed by atoms with Gasteiger partial charge in [0.05, 0.1) is 12.9 Å². The van der Waals surface area contributed by atoms with E-state index in [9.17, 15) is 4.79 Å². The predicted octanol–water partition coefficient (Wildman–Crippen LogP) is 4.07. The Bertz CT molecular complexity index is 1260. The second kappa shape index (κ2) is 10.3. The molecule has 0 atom stereocenters. The number of rotatable bonds is 7. The van der Waals surface area contributed by atoms with Gasteiger partial charge in [0.15, 0.2) is 5.82 Å². The van der Waals surface area contributed by atoms with Gasteiger partial charge in [0.1, 0.15) is 5.75 Å². The highest BCUT2D eigenvalue weighted by Crippen LogP contribution is 2.23. The number of carbonyl (C=O) groups is 1. The number of thioether (sulfide) groups is 1. The average molecular weight is 474 g/mol. The van der Waals surface area contributed by atoms with Gasteiger partial charge in [0.2, 0.25) is 11.1 Å². The van der Waals surface area contributed by atoms with E-state index in [1.165, 1.54) is 28.1 Å². The molecule has 0 saturated carbocycles. The Hall–Kier alpha value is -3.36. The number of nitrogens with one attached hydrogen (secondary N) is 1. The van der Waals surface area contributed by atoms with Crippen LogP contribution in [0.4, 0.5) is 0 Å². The zero-order valence-corrected chi connectivity index (χ0v) is 19.9. The summed E-state index contributed by atoms with van der Waals surface area (Å²) in [6.45, 7) is 4.15. The summed E-state index contributed by atoms with van der Waals surface area (Å²) in [5.74, 6) is 1.94. The van der Waals surface area contributed by atoms with Crippen LogP contribution in [0.3, 0.4) is 0 Å². The Kier molecular flexibility index (Phi) is 6.78. The van der Waals surface area contributed by atoms with Crippen LogP contribution in [0.15, 0.2) is 71.9 Å². The van der Waals surface area contributed by atoms with E-state index >= 15 is 0 Å². The standard InChI is InChI=1S/C26H27N5O2S/c1-33-22-11-9-20(10-12-22)25-27-26(29-28-25)34-18-24(32)31-15-13-30(14-16-31)17-21-7-4-6-19-5-2-3-8-23(19)21/h2-12H,13-18H2,1H3,(H,27,28,29). The molecule has 1 saturated heterocycles. The van der Waals surface area contributed by atoms with Crippen LogP contribution in [0.2, 0.25) is 0 Å². The van der Waals surface area contributed by atoms with Crippen LogP contribution in [0.5, 0.6) is 5.75 Å². The highest BCUT2D eigenvalue weighted by Gasteiger charge is 2.22. The summed E-state index contributed by atoms with van der Waals surface area (Å²) in [4.78, 5) is 21.7. The number of aromatic nitrogens is 3. The van der Waals surface area contributed by atoms with Crippen molar-refractivity contribution < 1.29 is 9.53 Å². The molecule has 1 N–H and O–H groups in total. The SMILES string of the molecule is COc1ccc(-c2nc(SCC(=O)N3CCN(Cc4cccc5ccccc45)CC3)n[nH]2)cc1. The first kappa shape index (κ1) is 22.4. The summed E-state index contributed by atoms with van der Waals surface area (Å²) in [6, 6.07) is 22.6. The third kappa shape index (κ3) is 5.08. The van der Waals surface area contributed by atoms with E-state index in [1.54, 1.807) is 7.11 Å².